The molecule has 0 aliphatic carbocycles. The molecule has 156 valence electrons. The van der Waals surface area contributed by atoms with E-state index in [1.165, 1.54) is 10.9 Å². The Morgan fingerprint density at radius 3 is 2.55 bits per heavy atom. The number of nitrogens with one attached hydrogen (secondary N) is 1. The second-order valence-electron chi connectivity index (χ2n) is 7.43. The van der Waals surface area contributed by atoms with Crippen molar-refractivity contribution < 1.29 is 14.0 Å². The van der Waals surface area contributed by atoms with Crippen LogP contribution < -0.4 is 5.32 Å². The number of piperazine rings is 1. The van der Waals surface area contributed by atoms with E-state index in [2.05, 4.69) is 10.2 Å². The van der Waals surface area contributed by atoms with Gasteiger partial charge in [0.1, 0.15) is 5.82 Å². The molecular formula is C22H28FN3O2S. The van der Waals surface area contributed by atoms with Gasteiger partial charge >= 0.3 is 0 Å². The normalized spacial score (nSPS) is 15.9. The van der Waals surface area contributed by atoms with Gasteiger partial charge in [0.2, 0.25) is 11.8 Å². The molecule has 0 saturated carbocycles. The lowest BCUT2D eigenvalue weighted by atomic mass is 10.1. The molecule has 1 atom stereocenters. The Morgan fingerprint density at radius 2 is 1.86 bits per heavy atom. The fourth-order valence-corrected chi connectivity index (χ4v) is 4.36. The largest absolute Gasteiger partial charge is 0.347 e. The van der Waals surface area contributed by atoms with Crippen molar-refractivity contribution in [2.24, 2.45) is 5.92 Å². The first-order chi connectivity index (χ1) is 14.0. The molecule has 2 amide bonds. The van der Waals surface area contributed by atoms with Crippen LogP contribution in [0.5, 0.6) is 0 Å². The Morgan fingerprint density at radius 1 is 1.14 bits per heavy atom. The second-order valence-corrected chi connectivity index (χ2v) is 8.60. The number of rotatable bonds is 7. The highest BCUT2D eigenvalue weighted by atomic mass is 32.1. The lowest BCUT2D eigenvalue weighted by Crippen LogP contribution is -2.51. The van der Waals surface area contributed by atoms with Gasteiger partial charge in [-0.05, 0) is 24.6 Å². The van der Waals surface area contributed by atoms with Gasteiger partial charge in [0.25, 0.3) is 0 Å². The van der Waals surface area contributed by atoms with E-state index in [-0.39, 0.29) is 30.1 Å². The number of benzene rings is 1. The first-order valence-electron chi connectivity index (χ1n) is 10.1. The molecule has 1 fully saturated rings. The summed E-state index contributed by atoms with van der Waals surface area (Å²) in [7, 11) is 0. The molecule has 0 radical (unpaired) electrons. The summed E-state index contributed by atoms with van der Waals surface area (Å²) in [6, 6.07) is 10.8. The van der Waals surface area contributed by atoms with Gasteiger partial charge in [0.15, 0.2) is 0 Å². The van der Waals surface area contributed by atoms with Gasteiger partial charge in [-0.15, -0.1) is 11.3 Å². The minimum Gasteiger partial charge on any atom is -0.347 e. The predicted molar refractivity (Wildman–Crippen MR) is 114 cm³/mol. The Kier molecular flexibility index (Phi) is 7.39. The van der Waals surface area contributed by atoms with Gasteiger partial charge < -0.3 is 10.2 Å². The Labute approximate surface area is 175 Å². The third-order valence-electron chi connectivity index (χ3n) is 5.38. The van der Waals surface area contributed by atoms with Crippen LogP contribution in [0.3, 0.4) is 0 Å². The first kappa shape index (κ1) is 21.5. The molecule has 2 heterocycles. The lowest BCUT2D eigenvalue weighted by molar-refractivity contribution is -0.135. The van der Waals surface area contributed by atoms with Gasteiger partial charge in [-0.25, -0.2) is 4.39 Å². The first-order valence-corrected chi connectivity index (χ1v) is 10.9. The Balaban J connectivity index is 1.46. The van der Waals surface area contributed by atoms with Crippen molar-refractivity contribution in [2.75, 3.05) is 32.7 Å². The number of thiophene rings is 1. The van der Waals surface area contributed by atoms with E-state index < -0.39 is 0 Å². The number of carbonyl (C=O) groups is 2. The SMILES string of the molecule is CCC(C)C(=O)NCC(=O)N1CCN(Cc2ccc(-c3ccccc3F)s2)CC1. The molecule has 2 aromatic rings. The Hall–Kier alpha value is -2.25. The molecule has 1 unspecified atom stereocenters. The van der Waals surface area contributed by atoms with E-state index in [1.54, 1.807) is 23.5 Å². The molecule has 0 bridgehead atoms. The summed E-state index contributed by atoms with van der Waals surface area (Å²) < 4.78 is 14.0. The van der Waals surface area contributed by atoms with Crippen LogP contribution in [0.2, 0.25) is 0 Å². The van der Waals surface area contributed by atoms with Gasteiger partial charge in [0, 0.05) is 54.0 Å². The molecule has 5 nitrogen and oxygen atoms in total. The molecule has 1 N–H and O–H groups in total. The van der Waals surface area contributed by atoms with E-state index in [4.69, 9.17) is 0 Å². The third kappa shape index (κ3) is 5.64. The van der Waals surface area contributed by atoms with Crippen LogP contribution in [0.4, 0.5) is 4.39 Å². The molecule has 0 spiro atoms. The zero-order valence-corrected chi connectivity index (χ0v) is 17.8. The van der Waals surface area contributed by atoms with Gasteiger partial charge in [0.05, 0.1) is 6.54 Å². The fourth-order valence-electron chi connectivity index (χ4n) is 3.28. The molecule has 7 heteroatoms. The van der Waals surface area contributed by atoms with Crippen molar-refractivity contribution in [3.63, 3.8) is 0 Å². The smallest absolute Gasteiger partial charge is 0.242 e. The molecule has 3 rings (SSSR count). The van der Waals surface area contributed by atoms with Crippen LogP contribution in [0.25, 0.3) is 10.4 Å². The fraction of sp³-hybridized carbons (Fsp3) is 0.455. The van der Waals surface area contributed by atoms with Gasteiger partial charge in [-0.3, -0.25) is 14.5 Å². The van der Waals surface area contributed by atoms with Crippen LogP contribution in [0.15, 0.2) is 36.4 Å². The number of amides is 2. The van der Waals surface area contributed by atoms with E-state index in [0.717, 1.165) is 30.9 Å². The van der Waals surface area contributed by atoms with Gasteiger partial charge in [-0.1, -0.05) is 32.0 Å². The van der Waals surface area contributed by atoms with E-state index in [0.29, 0.717) is 18.7 Å². The maximum Gasteiger partial charge on any atom is 0.242 e. The average molecular weight is 418 g/mol. The van der Waals surface area contributed by atoms with Crippen LogP contribution in [0, 0.1) is 11.7 Å². The zero-order chi connectivity index (χ0) is 20.8. The summed E-state index contributed by atoms with van der Waals surface area (Å²) in [6.45, 7) is 7.58. The summed E-state index contributed by atoms with van der Waals surface area (Å²) in [5.41, 5.74) is 0.638. The van der Waals surface area contributed by atoms with Crippen molar-refractivity contribution >= 4 is 23.2 Å². The number of hydrogen-bond acceptors (Lipinski definition) is 4. The predicted octanol–water partition coefficient (Wildman–Crippen LogP) is 3.36. The maximum absolute atomic E-state index is 14.0. The van der Waals surface area contributed by atoms with Crippen molar-refractivity contribution in [3.8, 4) is 10.4 Å². The Bertz CT molecular complexity index is 846. The molecule has 29 heavy (non-hydrogen) atoms. The van der Waals surface area contributed by atoms with E-state index in [1.807, 2.05) is 36.9 Å². The number of hydrogen-bond donors (Lipinski definition) is 1. The van der Waals surface area contributed by atoms with E-state index >= 15 is 0 Å². The molecule has 1 aliphatic rings. The minimum absolute atomic E-state index is 0.0285. The van der Waals surface area contributed by atoms with Crippen molar-refractivity contribution in [1.82, 2.24) is 15.1 Å². The second kappa shape index (κ2) is 9.98. The molecular weight excluding hydrogens is 389 g/mol. The summed E-state index contributed by atoms with van der Waals surface area (Å²) in [6.07, 6.45) is 0.764. The number of halogens is 1. The highest BCUT2D eigenvalue weighted by Gasteiger charge is 2.22. The zero-order valence-electron chi connectivity index (χ0n) is 17.0. The topological polar surface area (TPSA) is 52.7 Å². The number of carbonyl (C=O) groups excluding carboxylic acids is 2. The quantitative estimate of drug-likeness (QED) is 0.752. The van der Waals surface area contributed by atoms with Crippen molar-refractivity contribution in [1.29, 1.82) is 0 Å². The number of nitrogens with zero attached hydrogens (tertiary/aromatic N) is 2. The minimum atomic E-state index is -0.201. The highest BCUT2D eigenvalue weighted by molar-refractivity contribution is 7.15. The van der Waals surface area contributed by atoms with Crippen LogP contribution in [-0.4, -0.2) is 54.3 Å². The van der Waals surface area contributed by atoms with Crippen molar-refractivity contribution in [2.45, 2.75) is 26.8 Å². The highest BCUT2D eigenvalue weighted by Crippen LogP contribution is 2.30. The standard InChI is InChI=1S/C22H28FN3O2S/c1-3-16(2)22(28)24-14-21(27)26-12-10-25(11-13-26)15-17-8-9-20(29-17)18-6-4-5-7-19(18)23/h4-9,16H,3,10-15H2,1-2H3,(H,24,28). The van der Waals surface area contributed by atoms with Crippen LogP contribution in [0.1, 0.15) is 25.1 Å². The molecule has 1 aromatic heterocycles. The summed E-state index contributed by atoms with van der Waals surface area (Å²) >= 11 is 1.61. The van der Waals surface area contributed by atoms with Crippen molar-refractivity contribution in [3.05, 3.63) is 47.1 Å². The maximum atomic E-state index is 14.0. The molecule has 1 aromatic carbocycles. The molecule has 1 saturated heterocycles. The molecule has 1 aliphatic heterocycles. The summed E-state index contributed by atoms with van der Waals surface area (Å²) in [5.74, 6) is -0.366. The average Bonchev–Trinajstić information content (AvgIpc) is 3.20. The van der Waals surface area contributed by atoms with Gasteiger partial charge in [-0.2, -0.15) is 0 Å². The van der Waals surface area contributed by atoms with E-state index in [9.17, 15) is 14.0 Å². The monoisotopic (exact) mass is 417 g/mol. The van der Waals surface area contributed by atoms with Crippen LogP contribution >= 0.6 is 11.3 Å². The summed E-state index contributed by atoms with van der Waals surface area (Å²) in [4.78, 5) is 30.4. The third-order valence-corrected chi connectivity index (χ3v) is 6.48. The summed E-state index contributed by atoms with van der Waals surface area (Å²) in [5, 5.41) is 2.73. The lowest BCUT2D eigenvalue weighted by Gasteiger charge is -2.34. The van der Waals surface area contributed by atoms with Crippen LogP contribution in [-0.2, 0) is 16.1 Å².